The summed E-state index contributed by atoms with van der Waals surface area (Å²) in [4.78, 5) is 0. The summed E-state index contributed by atoms with van der Waals surface area (Å²) < 4.78 is 0. The molecule has 0 amide bonds. The number of hydrogen-bond acceptors (Lipinski definition) is 1. The van der Waals surface area contributed by atoms with Crippen molar-refractivity contribution in [2.24, 2.45) is 5.92 Å². The van der Waals surface area contributed by atoms with Gasteiger partial charge >= 0.3 is 0 Å². The molecule has 118 valence electrons. The molecule has 2 atom stereocenters. The van der Waals surface area contributed by atoms with E-state index in [1.54, 1.807) is 0 Å². The molecule has 0 fully saturated rings. The molecule has 0 bridgehead atoms. The number of aliphatic hydroxyl groups is 1. The van der Waals surface area contributed by atoms with Crippen molar-refractivity contribution in [2.45, 2.75) is 72.3 Å². The number of hydrogen-bond donors (Lipinski definition) is 1. The van der Waals surface area contributed by atoms with Crippen LogP contribution in [0.4, 0.5) is 0 Å². The first kappa shape index (κ1) is 18.0. The Morgan fingerprint density at radius 3 is 2.10 bits per heavy atom. The van der Waals surface area contributed by atoms with Crippen molar-refractivity contribution in [1.29, 1.82) is 0 Å². The smallest absolute Gasteiger partial charge is 0.0645 e. The fourth-order valence-corrected chi connectivity index (χ4v) is 2.87. The van der Waals surface area contributed by atoms with Crippen LogP contribution in [0, 0.1) is 5.92 Å². The largest absolute Gasteiger partial charge is 0.392 e. The van der Waals surface area contributed by atoms with Gasteiger partial charge in [0.2, 0.25) is 0 Å². The SMILES string of the molecule is C=C(C)[C@H]1C/C=C(\C)CC/C=C(\C)CC/C=C(\C)C[C@H]1O. The molecule has 1 aliphatic rings. The van der Waals surface area contributed by atoms with Gasteiger partial charge in [0.05, 0.1) is 6.10 Å². The van der Waals surface area contributed by atoms with Gasteiger partial charge in [-0.3, -0.25) is 0 Å². The predicted octanol–water partition coefficient (Wildman–Crippen LogP) is 5.73. The molecule has 0 radical (unpaired) electrons. The zero-order chi connectivity index (χ0) is 15.8. The number of aliphatic hydroxyl groups excluding tert-OH is 1. The standard InChI is InChI=1S/C20H32O/c1-15(2)19-13-12-17(4)10-6-8-16(3)9-7-11-18(5)14-20(19)21/h8,11-12,19-21H,1,6-7,9-10,13-14H2,2-5H3/b16-8+,17-12+,18-11+/t19-,20-/m1/s1. The van der Waals surface area contributed by atoms with E-state index in [-0.39, 0.29) is 12.0 Å². The zero-order valence-electron chi connectivity index (χ0n) is 14.3. The zero-order valence-corrected chi connectivity index (χ0v) is 14.3. The summed E-state index contributed by atoms with van der Waals surface area (Å²) in [5.41, 5.74) is 5.27. The lowest BCUT2D eigenvalue weighted by Gasteiger charge is -2.23. The summed E-state index contributed by atoms with van der Waals surface area (Å²) in [6.45, 7) is 12.7. The second-order valence-corrected chi connectivity index (χ2v) is 6.69. The second kappa shape index (κ2) is 9.04. The minimum absolute atomic E-state index is 0.170. The monoisotopic (exact) mass is 288 g/mol. The quantitative estimate of drug-likeness (QED) is 0.611. The van der Waals surface area contributed by atoms with Gasteiger partial charge in [0, 0.05) is 5.92 Å². The molecule has 1 nitrogen and oxygen atoms in total. The van der Waals surface area contributed by atoms with Gasteiger partial charge in [-0.25, -0.2) is 0 Å². The van der Waals surface area contributed by atoms with Crippen LogP contribution in [0.25, 0.3) is 0 Å². The van der Waals surface area contributed by atoms with Crippen LogP contribution < -0.4 is 0 Å². The summed E-state index contributed by atoms with van der Waals surface area (Å²) in [7, 11) is 0. The molecule has 0 aromatic carbocycles. The van der Waals surface area contributed by atoms with Crippen LogP contribution in [0.2, 0.25) is 0 Å². The topological polar surface area (TPSA) is 20.2 Å². The van der Waals surface area contributed by atoms with E-state index in [9.17, 15) is 5.11 Å². The van der Waals surface area contributed by atoms with Gasteiger partial charge in [-0.15, -0.1) is 0 Å². The average Bonchev–Trinajstić information content (AvgIpc) is 2.37. The summed E-state index contributed by atoms with van der Waals surface area (Å²) >= 11 is 0. The van der Waals surface area contributed by atoms with Crippen molar-refractivity contribution < 1.29 is 5.11 Å². The van der Waals surface area contributed by atoms with Crippen LogP contribution >= 0.6 is 0 Å². The van der Waals surface area contributed by atoms with Crippen LogP contribution in [0.3, 0.4) is 0 Å². The summed E-state index contributed by atoms with van der Waals surface area (Å²) in [6.07, 6.45) is 12.7. The molecular weight excluding hydrogens is 256 g/mol. The Balaban J connectivity index is 2.90. The molecule has 1 aliphatic carbocycles. The van der Waals surface area contributed by atoms with Gasteiger partial charge in [0.15, 0.2) is 0 Å². The van der Waals surface area contributed by atoms with Crippen LogP contribution in [-0.4, -0.2) is 11.2 Å². The lowest BCUT2D eigenvalue weighted by Crippen LogP contribution is -2.21. The lowest BCUT2D eigenvalue weighted by molar-refractivity contribution is 0.126. The van der Waals surface area contributed by atoms with Crippen LogP contribution in [0.5, 0.6) is 0 Å². The minimum atomic E-state index is -0.317. The maximum absolute atomic E-state index is 10.5. The molecule has 0 aliphatic heterocycles. The predicted molar refractivity (Wildman–Crippen MR) is 93.3 cm³/mol. The van der Waals surface area contributed by atoms with Crippen LogP contribution in [-0.2, 0) is 0 Å². The first-order chi connectivity index (χ1) is 9.90. The fraction of sp³-hybridized carbons (Fsp3) is 0.600. The third-order valence-corrected chi connectivity index (χ3v) is 4.41. The Morgan fingerprint density at radius 2 is 1.52 bits per heavy atom. The molecule has 0 unspecified atom stereocenters. The van der Waals surface area contributed by atoms with Gasteiger partial charge in [-0.05, 0) is 66.2 Å². The van der Waals surface area contributed by atoms with Gasteiger partial charge in [0.1, 0.15) is 0 Å². The van der Waals surface area contributed by atoms with Crippen molar-refractivity contribution in [1.82, 2.24) is 0 Å². The van der Waals surface area contributed by atoms with Gasteiger partial charge in [-0.1, -0.05) is 47.1 Å². The highest BCUT2D eigenvalue weighted by Gasteiger charge is 2.19. The van der Waals surface area contributed by atoms with Gasteiger partial charge < -0.3 is 5.11 Å². The lowest BCUT2D eigenvalue weighted by atomic mass is 9.87. The fourth-order valence-electron chi connectivity index (χ4n) is 2.87. The van der Waals surface area contributed by atoms with Crippen LogP contribution in [0.15, 0.2) is 47.1 Å². The molecule has 0 spiro atoms. The maximum atomic E-state index is 10.5. The van der Waals surface area contributed by atoms with E-state index in [1.807, 2.05) is 6.92 Å². The van der Waals surface area contributed by atoms with Crippen molar-refractivity contribution in [3.05, 3.63) is 47.1 Å². The highest BCUT2D eigenvalue weighted by atomic mass is 16.3. The van der Waals surface area contributed by atoms with Crippen molar-refractivity contribution in [3.63, 3.8) is 0 Å². The molecule has 0 saturated carbocycles. The summed E-state index contributed by atoms with van der Waals surface area (Å²) in [5.74, 6) is 0.170. The van der Waals surface area contributed by atoms with Crippen LogP contribution in [0.1, 0.15) is 66.2 Å². The van der Waals surface area contributed by atoms with E-state index >= 15 is 0 Å². The molecule has 21 heavy (non-hydrogen) atoms. The number of rotatable bonds is 1. The Morgan fingerprint density at radius 1 is 1.00 bits per heavy atom. The van der Waals surface area contributed by atoms with E-state index in [0.717, 1.165) is 44.1 Å². The molecule has 1 rings (SSSR count). The first-order valence-electron chi connectivity index (χ1n) is 8.20. The summed E-state index contributed by atoms with van der Waals surface area (Å²) in [5, 5.41) is 10.5. The normalized spacial score (nSPS) is 33.7. The minimum Gasteiger partial charge on any atom is -0.392 e. The molecule has 0 heterocycles. The molecule has 0 aromatic rings. The molecule has 1 heteroatoms. The molecule has 0 aromatic heterocycles. The van der Waals surface area contributed by atoms with E-state index in [2.05, 4.69) is 45.6 Å². The van der Waals surface area contributed by atoms with Gasteiger partial charge in [0.25, 0.3) is 0 Å². The highest BCUT2D eigenvalue weighted by molar-refractivity contribution is 5.12. The first-order valence-corrected chi connectivity index (χ1v) is 8.20. The van der Waals surface area contributed by atoms with E-state index in [0.29, 0.717) is 0 Å². The van der Waals surface area contributed by atoms with Crippen molar-refractivity contribution >= 4 is 0 Å². The second-order valence-electron chi connectivity index (χ2n) is 6.69. The van der Waals surface area contributed by atoms with Gasteiger partial charge in [-0.2, -0.15) is 0 Å². The number of allylic oxidation sites excluding steroid dienone is 5. The third kappa shape index (κ3) is 6.95. The summed E-state index contributed by atoms with van der Waals surface area (Å²) in [6, 6.07) is 0. The Hall–Kier alpha value is -1.08. The molecular formula is C20H32O. The third-order valence-electron chi connectivity index (χ3n) is 4.41. The van der Waals surface area contributed by atoms with E-state index < -0.39 is 0 Å². The highest BCUT2D eigenvalue weighted by Crippen LogP contribution is 2.25. The molecule has 0 saturated heterocycles. The Kier molecular flexibility index (Phi) is 7.74. The van der Waals surface area contributed by atoms with Crippen molar-refractivity contribution in [2.75, 3.05) is 0 Å². The van der Waals surface area contributed by atoms with E-state index in [1.165, 1.54) is 16.7 Å². The van der Waals surface area contributed by atoms with Crippen molar-refractivity contribution in [3.8, 4) is 0 Å². The van der Waals surface area contributed by atoms with E-state index in [4.69, 9.17) is 0 Å². The Bertz CT molecular complexity index is 437. The maximum Gasteiger partial charge on any atom is 0.0645 e. The Labute approximate surface area is 131 Å². The average molecular weight is 288 g/mol. The molecule has 1 N–H and O–H groups in total.